The minimum Gasteiger partial charge on any atom is -0.494 e. The number of nitrogens with zero attached hydrogens (tertiary/aromatic N) is 1. The maximum absolute atomic E-state index is 14.0. The molecule has 88 valence electrons. The molecule has 3 nitrogen and oxygen atoms in total. The quantitative estimate of drug-likeness (QED) is 0.866. The second-order valence-corrected chi connectivity index (χ2v) is 3.71. The molecule has 17 heavy (non-hydrogen) atoms. The van der Waals surface area contributed by atoms with Crippen molar-refractivity contribution in [1.82, 2.24) is 4.98 Å². The number of nitrogens with two attached hydrogens (primary N) is 1. The summed E-state index contributed by atoms with van der Waals surface area (Å²) < 4.78 is 19.0. The molecule has 2 N–H and O–H groups in total. The molecule has 1 aromatic carbocycles. The van der Waals surface area contributed by atoms with E-state index in [1.54, 1.807) is 30.5 Å². The summed E-state index contributed by atoms with van der Waals surface area (Å²) in [6.07, 6.45) is 1.61. The van der Waals surface area contributed by atoms with Gasteiger partial charge in [0.15, 0.2) is 11.6 Å². The first-order valence-corrected chi connectivity index (χ1v) is 5.19. The van der Waals surface area contributed by atoms with Crippen LogP contribution in [0.4, 0.5) is 10.1 Å². The van der Waals surface area contributed by atoms with Crippen molar-refractivity contribution in [2.45, 2.75) is 6.92 Å². The SMILES string of the molecule is COc1cccc(-c2nccc(C)c2N)c1F. The number of rotatable bonds is 2. The van der Waals surface area contributed by atoms with E-state index in [-0.39, 0.29) is 5.75 Å². The fraction of sp³-hybridized carbons (Fsp3) is 0.154. The number of aromatic nitrogens is 1. The molecule has 2 aromatic rings. The molecule has 0 atom stereocenters. The number of benzene rings is 1. The van der Waals surface area contributed by atoms with Gasteiger partial charge in [-0.3, -0.25) is 4.98 Å². The predicted octanol–water partition coefficient (Wildman–Crippen LogP) is 2.79. The molecule has 0 spiro atoms. The molecule has 0 fully saturated rings. The second kappa shape index (κ2) is 4.41. The summed E-state index contributed by atoms with van der Waals surface area (Å²) in [7, 11) is 1.43. The van der Waals surface area contributed by atoms with E-state index >= 15 is 0 Å². The first kappa shape index (κ1) is 11.4. The Labute approximate surface area is 99.1 Å². The molecule has 2 rings (SSSR count). The standard InChI is InChI=1S/C13H13FN2O/c1-8-6-7-16-13(12(8)15)9-4-3-5-10(17-2)11(9)14/h3-7H,15H2,1-2H3. The van der Waals surface area contributed by atoms with Crippen LogP contribution in [0.15, 0.2) is 30.5 Å². The summed E-state index contributed by atoms with van der Waals surface area (Å²) in [5.41, 5.74) is 8.06. The van der Waals surface area contributed by atoms with Gasteiger partial charge in [-0.15, -0.1) is 0 Å². The Balaban J connectivity index is 2.65. The van der Waals surface area contributed by atoms with Crippen LogP contribution < -0.4 is 10.5 Å². The molecule has 1 aromatic heterocycles. The van der Waals surface area contributed by atoms with Crippen LogP contribution in [0.5, 0.6) is 5.75 Å². The van der Waals surface area contributed by atoms with Gasteiger partial charge in [-0.05, 0) is 30.7 Å². The van der Waals surface area contributed by atoms with Crippen LogP contribution in [0.2, 0.25) is 0 Å². The van der Waals surface area contributed by atoms with Crippen LogP contribution in [0.25, 0.3) is 11.3 Å². The maximum atomic E-state index is 14.0. The largest absolute Gasteiger partial charge is 0.494 e. The molecule has 0 aliphatic heterocycles. The van der Waals surface area contributed by atoms with Crippen LogP contribution >= 0.6 is 0 Å². The number of nitrogen functional groups attached to an aromatic ring is 1. The van der Waals surface area contributed by atoms with Gasteiger partial charge >= 0.3 is 0 Å². The van der Waals surface area contributed by atoms with E-state index < -0.39 is 5.82 Å². The summed E-state index contributed by atoms with van der Waals surface area (Å²) in [5, 5.41) is 0. The van der Waals surface area contributed by atoms with Crippen molar-refractivity contribution in [3.05, 3.63) is 41.8 Å². The normalized spacial score (nSPS) is 10.3. The van der Waals surface area contributed by atoms with Crippen LogP contribution in [-0.4, -0.2) is 12.1 Å². The molecule has 0 radical (unpaired) electrons. The van der Waals surface area contributed by atoms with Crippen molar-refractivity contribution in [3.63, 3.8) is 0 Å². The van der Waals surface area contributed by atoms with E-state index in [2.05, 4.69) is 4.98 Å². The summed E-state index contributed by atoms with van der Waals surface area (Å²) in [5.74, 6) is -0.259. The maximum Gasteiger partial charge on any atom is 0.174 e. The molecular formula is C13H13FN2O. The fourth-order valence-electron chi connectivity index (χ4n) is 1.64. The Morgan fingerprint density at radius 3 is 2.76 bits per heavy atom. The molecule has 0 bridgehead atoms. The molecule has 1 heterocycles. The molecule has 4 heteroatoms. The minimum absolute atomic E-state index is 0.185. The highest BCUT2D eigenvalue weighted by atomic mass is 19.1. The van der Waals surface area contributed by atoms with Crippen molar-refractivity contribution in [1.29, 1.82) is 0 Å². The van der Waals surface area contributed by atoms with Gasteiger partial charge < -0.3 is 10.5 Å². The average Bonchev–Trinajstić information content (AvgIpc) is 2.33. The first-order valence-electron chi connectivity index (χ1n) is 5.19. The van der Waals surface area contributed by atoms with Crippen LogP contribution in [0.3, 0.4) is 0 Å². The Bertz CT molecular complexity index is 555. The third-order valence-electron chi connectivity index (χ3n) is 2.65. The van der Waals surface area contributed by atoms with Crippen molar-refractivity contribution in [3.8, 4) is 17.0 Å². The van der Waals surface area contributed by atoms with Gasteiger partial charge in [-0.25, -0.2) is 4.39 Å². The van der Waals surface area contributed by atoms with E-state index in [0.29, 0.717) is 16.9 Å². The highest BCUT2D eigenvalue weighted by Gasteiger charge is 2.14. The van der Waals surface area contributed by atoms with Gasteiger partial charge in [-0.2, -0.15) is 0 Å². The van der Waals surface area contributed by atoms with E-state index in [0.717, 1.165) is 5.56 Å². The molecule has 0 saturated heterocycles. The van der Waals surface area contributed by atoms with Crippen LogP contribution in [-0.2, 0) is 0 Å². The molecular weight excluding hydrogens is 219 g/mol. The zero-order valence-electron chi connectivity index (χ0n) is 9.70. The van der Waals surface area contributed by atoms with E-state index in [1.165, 1.54) is 7.11 Å². The van der Waals surface area contributed by atoms with Crippen LogP contribution in [0.1, 0.15) is 5.56 Å². The number of hydrogen-bond acceptors (Lipinski definition) is 3. The predicted molar refractivity (Wildman–Crippen MR) is 65.3 cm³/mol. The lowest BCUT2D eigenvalue weighted by atomic mass is 10.1. The van der Waals surface area contributed by atoms with Gasteiger partial charge in [0.25, 0.3) is 0 Å². The molecule has 0 unspecified atom stereocenters. The first-order chi connectivity index (χ1) is 8.15. The number of aryl methyl sites for hydroxylation is 1. The average molecular weight is 232 g/mol. The number of ether oxygens (including phenoxy) is 1. The number of pyridine rings is 1. The van der Waals surface area contributed by atoms with Gasteiger partial charge in [0.2, 0.25) is 0 Å². The third kappa shape index (κ3) is 1.93. The molecule has 0 amide bonds. The number of hydrogen-bond donors (Lipinski definition) is 1. The Morgan fingerprint density at radius 2 is 2.06 bits per heavy atom. The molecule has 0 aliphatic carbocycles. The minimum atomic E-state index is -0.445. The summed E-state index contributed by atoms with van der Waals surface area (Å²) in [6.45, 7) is 1.86. The second-order valence-electron chi connectivity index (χ2n) is 3.71. The van der Waals surface area contributed by atoms with Gasteiger partial charge in [0, 0.05) is 11.8 Å². The smallest absolute Gasteiger partial charge is 0.174 e. The monoisotopic (exact) mass is 232 g/mol. The fourth-order valence-corrected chi connectivity index (χ4v) is 1.64. The zero-order chi connectivity index (χ0) is 12.4. The molecule has 0 saturated carbocycles. The number of anilines is 1. The molecule has 0 aliphatic rings. The topological polar surface area (TPSA) is 48.1 Å². The Hall–Kier alpha value is -2.10. The van der Waals surface area contributed by atoms with E-state index in [4.69, 9.17) is 10.5 Å². The lowest BCUT2D eigenvalue weighted by Gasteiger charge is -2.10. The number of halogens is 1. The van der Waals surface area contributed by atoms with Crippen molar-refractivity contribution in [2.75, 3.05) is 12.8 Å². The Kier molecular flexibility index (Phi) is 2.95. The summed E-state index contributed by atoms with van der Waals surface area (Å²) in [4.78, 5) is 4.13. The third-order valence-corrected chi connectivity index (χ3v) is 2.65. The van der Waals surface area contributed by atoms with Crippen LogP contribution in [0, 0.1) is 12.7 Å². The van der Waals surface area contributed by atoms with E-state index in [1.807, 2.05) is 6.92 Å². The van der Waals surface area contributed by atoms with E-state index in [9.17, 15) is 4.39 Å². The number of methoxy groups -OCH3 is 1. The van der Waals surface area contributed by atoms with Gasteiger partial charge in [0.1, 0.15) is 0 Å². The lowest BCUT2D eigenvalue weighted by molar-refractivity contribution is 0.387. The van der Waals surface area contributed by atoms with Crippen molar-refractivity contribution >= 4 is 5.69 Å². The highest BCUT2D eigenvalue weighted by molar-refractivity contribution is 5.75. The lowest BCUT2D eigenvalue weighted by Crippen LogP contribution is -1.99. The Morgan fingerprint density at radius 1 is 1.29 bits per heavy atom. The van der Waals surface area contributed by atoms with Crippen molar-refractivity contribution < 1.29 is 9.13 Å². The van der Waals surface area contributed by atoms with Crippen molar-refractivity contribution in [2.24, 2.45) is 0 Å². The van der Waals surface area contributed by atoms with Gasteiger partial charge in [-0.1, -0.05) is 6.07 Å². The van der Waals surface area contributed by atoms with Gasteiger partial charge in [0.05, 0.1) is 18.5 Å². The summed E-state index contributed by atoms with van der Waals surface area (Å²) in [6, 6.07) is 6.69. The zero-order valence-corrected chi connectivity index (χ0v) is 9.70. The highest BCUT2D eigenvalue weighted by Crippen LogP contribution is 2.31. The summed E-state index contributed by atoms with van der Waals surface area (Å²) >= 11 is 0.